The number of aliphatic hydroxyl groups is 1. The van der Waals surface area contributed by atoms with E-state index in [2.05, 4.69) is 29.4 Å². The van der Waals surface area contributed by atoms with Gasteiger partial charge in [0.1, 0.15) is 0 Å². The van der Waals surface area contributed by atoms with Gasteiger partial charge in [-0.1, -0.05) is 27.7 Å². The van der Waals surface area contributed by atoms with Crippen LogP contribution >= 0.6 is 0 Å². The normalized spacial score (nSPS) is 20.4. The van der Waals surface area contributed by atoms with Crippen molar-refractivity contribution in [2.24, 2.45) is 11.3 Å². The molecule has 1 fully saturated rings. The standard InChI is InChI=1S/C15H31N3O2/c1-12(2)9-18-7-5-6-13(18)8-16-14(20)17-10-15(3,4)11-19/h12-13,19H,5-11H2,1-4H3,(H2,16,17,20)/t13-/m0/s1. The van der Waals surface area contributed by atoms with Gasteiger partial charge in [-0.05, 0) is 25.3 Å². The van der Waals surface area contributed by atoms with Gasteiger partial charge < -0.3 is 15.7 Å². The molecule has 1 rings (SSSR count). The van der Waals surface area contributed by atoms with Crippen LogP contribution in [0.2, 0.25) is 0 Å². The molecule has 0 radical (unpaired) electrons. The SMILES string of the molecule is CC(C)CN1CCC[C@H]1CNC(=O)NCC(C)(C)CO. The number of nitrogens with zero attached hydrogens (tertiary/aromatic N) is 1. The Morgan fingerprint density at radius 3 is 2.70 bits per heavy atom. The van der Waals surface area contributed by atoms with Crippen molar-refractivity contribution in [3.05, 3.63) is 0 Å². The Bertz CT molecular complexity index is 305. The van der Waals surface area contributed by atoms with E-state index in [-0.39, 0.29) is 18.1 Å². The first-order valence-electron chi connectivity index (χ1n) is 7.70. The molecular weight excluding hydrogens is 254 g/mol. The maximum Gasteiger partial charge on any atom is 0.314 e. The van der Waals surface area contributed by atoms with E-state index < -0.39 is 0 Å². The predicted octanol–water partition coefficient (Wildman–Crippen LogP) is 1.42. The Morgan fingerprint density at radius 2 is 2.10 bits per heavy atom. The van der Waals surface area contributed by atoms with Crippen LogP contribution in [-0.2, 0) is 0 Å². The number of aliphatic hydroxyl groups excluding tert-OH is 1. The van der Waals surface area contributed by atoms with Crippen LogP contribution in [-0.4, -0.2) is 54.9 Å². The van der Waals surface area contributed by atoms with Gasteiger partial charge in [-0.2, -0.15) is 0 Å². The quantitative estimate of drug-likeness (QED) is 0.663. The molecule has 0 unspecified atom stereocenters. The van der Waals surface area contributed by atoms with E-state index in [9.17, 15) is 4.79 Å². The van der Waals surface area contributed by atoms with Gasteiger partial charge in [-0.25, -0.2) is 4.79 Å². The van der Waals surface area contributed by atoms with Gasteiger partial charge in [0.25, 0.3) is 0 Å². The molecule has 0 bridgehead atoms. The van der Waals surface area contributed by atoms with Crippen LogP contribution in [0.4, 0.5) is 4.79 Å². The topological polar surface area (TPSA) is 64.6 Å². The highest BCUT2D eigenvalue weighted by molar-refractivity contribution is 5.73. The van der Waals surface area contributed by atoms with Crippen molar-refractivity contribution in [3.8, 4) is 0 Å². The lowest BCUT2D eigenvalue weighted by Crippen LogP contribution is -2.47. The third kappa shape index (κ3) is 6.09. The van der Waals surface area contributed by atoms with Crippen LogP contribution in [0.3, 0.4) is 0 Å². The summed E-state index contributed by atoms with van der Waals surface area (Å²) in [5, 5.41) is 14.9. The van der Waals surface area contributed by atoms with Gasteiger partial charge >= 0.3 is 6.03 Å². The number of carbonyl (C=O) groups excluding carboxylic acids is 1. The monoisotopic (exact) mass is 285 g/mol. The number of urea groups is 1. The maximum atomic E-state index is 11.8. The van der Waals surface area contributed by atoms with Crippen LogP contribution < -0.4 is 10.6 Å². The Labute approximate surface area is 123 Å². The molecule has 3 N–H and O–H groups in total. The smallest absolute Gasteiger partial charge is 0.314 e. The second-order valence-corrected chi connectivity index (χ2v) is 7.07. The van der Waals surface area contributed by atoms with E-state index in [1.54, 1.807) is 0 Å². The molecule has 1 aliphatic heterocycles. The zero-order valence-corrected chi connectivity index (χ0v) is 13.4. The first-order valence-corrected chi connectivity index (χ1v) is 7.70. The van der Waals surface area contributed by atoms with Gasteiger partial charge in [-0.15, -0.1) is 0 Å². The van der Waals surface area contributed by atoms with Crippen LogP contribution in [0.15, 0.2) is 0 Å². The summed E-state index contributed by atoms with van der Waals surface area (Å²) in [7, 11) is 0. The lowest BCUT2D eigenvalue weighted by Gasteiger charge is -2.27. The number of hydrogen-bond donors (Lipinski definition) is 3. The number of likely N-dealkylation sites (tertiary alicyclic amines) is 1. The van der Waals surface area contributed by atoms with E-state index in [1.165, 1.54) is 6.42 Å². The largest absolute Gasteiger partial charge is 0.396 e. The Balaban J connectivity index is 2.26. The van der Waals surface area contributed by atoms with Gasteiger partial charge in [0.15, 0.2) is 0 Å². The number of hydrogen-bond acceptors (Lipinski definition) is 3. The second-order valence-electron chi connectivity index (χ2n) is 7.07. The second kappa shape index (κ2) is 7.84. The Kier molecular flexibility index (Phi) is 6.76. The third-order valence-corrected chi connectivity index (χ3v) is 3.75. The molecule has 0 saturated carbocycles. The predicted molar refractivity (Wildman–Crippen MR) is 81.7 cm³/mol. The molecule has 0 aliphatic carbocycles. The average Bonchev–Trinajstić information content (AvgIpc) is 2.80. The number of amides is 2. The minimum absolute atomic E-state index is 0.0675. The average molecular weight is 285 g/mol. The van der Waals surface area contributed by atoms with Crippen LogP contribution in [0.25, 0.3) is 0 Å². The Morgan fingerprint density at radius 1 is 1.40 bits per heavy atom. The number of rotatable bonds is 7. The molecule has 0 aromatic rings. The molecule has 0 spiro atoms. The highest BCUT2D eigenvalue weighted by atomic mass is 16.3. The van der Waals surface area contributed by atoms with Crippen LogP contribution in [0.1, 0.15) is 40.5 Å². The van der Waals surface area contributed by atoms with Crippen LogP contribution in [0.5, 0.6) is 0 Å². The molecule has 1 saturated heterocycles. The fraction of sp³-hybridized carbons (Fsp3) is 0.933. The van der Waals surface area contributed by atoms with E-state index in [1.807, 2.05) is 13.8 Å². The van der Waals surface area contributed by atoms with Gasteiger partial charge in [-0.3, -0.25) is 4.90 Å². The van der Waals surface area contributed by atoms with Gasteiger partial charge in [0.05, 0.1) is 0 Å². The summed E-state index contributed by atoms with van der Waals surface area (Å²) in [6, 6.07) is 0.330. The Hall–Kier alpha value is -0.810. The molecular formula is C15H31N3O2. The summed E-state index contributed by atoms with van der Waals surface area (Å²) in [5.41, 5.74) is -0.269. The van der Waals surface area contributed by atoms with E-state index in [0.29, 0.717) is 25.0 Å². The van der Waals surface area contributed by atoms with Crippen molar-refractivity contribution in [2.45, 2.75) is 46.6 Å². The van der Waals surface area contributed by atoms with Crippen LogP contribution in [0, 0.1) is 11.3 Å². The lowest BCUT2D eigenvalue weighted by atomic mass is 9.95. The first kappa shape index (κ1) is 17.2. The maximum absolute atomic E-state index is 11.8. The summed E-state index contributed by atoms with van der Waals surface area (Å²) in [6.07, 6.45) is 2.38. The highest BCUT2D eigenvalue weighted by Gasteiger charge is 2.25. The summed E-state index contributed by atoms with van der Waals surface area (Å²) < 4.78 is 0. The molecule has 118 valence electrons. The van der Waals surface area contributed by atoms with Crippen molar-refractivity contribution in [1.82, 2.24) is 15.5 Å². The lowest BCUT2D eigenvalue weighted by molar-refractivity contribution is 0.156. The first-order chi connectivity index (χ1) is 9.34. The molecule has 1 atom stereocenters. The van der Waals surface area contributed by atoms with E-state index >= 15 is 0 Å². The minimum atomic E-state index is -0.269. The summed E-state index contributed by atoms with van der Waals surface area (Å²) in [4.78, 5) is 14.2. The molecule has 2 amide bonds. The molecule has 5 heteroatoms. The number of carbonyl (C=O) groups is 1. The minimum Gasteiger partial charge on any atom is -0.396 e. The molecule has 0 aromatic carbocycles. The van der Waals surface area contributed by atoms with Crippen molar-refractivity contribution < 1.29 is 9.90 Å². The van der Waals surface area contributed by atoms with Crippen molar-refractivity contribution in [3.63, 3.8) is 0 Å². The fourth-order valence-electron chi connectivity index (χ4n) is 2.48. The van der Waals surface area contributed by atoms with Gasteiger partial charge in [0, 0.05) is 37.7 Å². The van der Waals surface area contributed by atoms with Crippen molar-refractivity contribution in [2.75, 3.05) is 32.8 Å². The summed E-state index contributed by atoms with van der Waals surface area (Å²) >= 11 is 0. The molecule has 1 aliphatic rings. The number of nitrogens with one attached hydrogen (secondary N) is 2. The summed E-state index contributed by atoms with van der Waals surface area (Å²) in [5.74, 6) is 0.662. The molecule has 20 heavy (non-hydrogen) atoms. The van der Waals surface area contributed by atoms with Crippen molar-refractivity contribution >= 4 is 6.03 Å². The van der Waals surface area contributed by atoms with Crippen molar-refractivity contribution in [1.29, 1.82) is 0 Å². The third-order valence-electron chi connectivity index (χ3n) is 3.75. The van der Waals surface area contributed by atoms with E-state index in [0.717, 1.165) is 19.5 Å². The fourth-order valence-corrected chi connectivity index (χ4v) is 2.48. The van der Waals surface area contributed by atoms with E-state index in [4.69, 9.17) is 5.11 Å². The van der Waals surface area contributed by atoms with Gasteiger partial charge in [0.2, 0.25) is 0 Å². The molecule has 1 heterocycles. The zero-order chi connectivity index (χ0) is 15.2. The molecule has 0 aromatic heterocycles. The highest BCUT2D eigenvalue weighted by Crippen LogP contribution is 2.18. The summed E-state index contributed by atoms with van der Waals surface area (Å²) in [6.45, 7) is 11.8. The zero-order valence-electron chi connectivity index (χ0n) is 13.4. The molecule has 5 nitrogen and oxygen atoms in total.